The van der Waals surface area contributed by atoms with Gasteiger partial charge < -0.3 is 4.74 Å². The molecule has 19 heavy (non-hydrogen) atoms. The molecule has 0 aromatic heterocycles. The molecule has 1 aromatic rings. The number of amides is 2. The van der Waals surface area contributed by atoms with E-state index in [1.54, 1.807) is 24.3 Å². The molecule has 2 fully saturated rings. The van der Waals surface area contributed by atoms with E-state index in [0.717, 1.165) is 0 Å². The van der Waals surface area contributed by atoms with Gasteiger partial charge in [0.25, 0.3) is 0 Å². The highest BCUT2D eigenvalue weighted by atomic mass is 16.5. The minimum atomic E-state index is -0.458. The van der Waals surface area contributed by atoms with Crippen LogP contribution in [0.25, 0.3) is 0 Å². The Morgan fingerprint density at radius 1 is 1.26 bits per heavy atom. The first-order chi connectivity index (χ1) is 9.13. The van der Waals surface area contributed by atoms with Crippen molar-refractivity contribution in [2.75, 3.05) is 7.11 Å². The van der Waals surface area contributed by atoms with Crippen molar-refractivity contribution in [3.8, 4) is 0 Å². The summed E-state index contributed by atoms with van der Waals surface area (Å²) < 4.78 is 4.70. The second-order valence-electron chi connectivity index (χ2n) is 4.86. The zero-order chi connectivity index (χ0) is 13.6. The summed E-state index contributed by atoms with van der Waals surface area (Å²) in [6.07, 6.45) is 0.687. The van der Waals surface area contributed by atoms with E-state index in [1.165, 1.54) is 12.0 Å². The number of ether oxygens (including phenoxy) is 1. The van der Waals surface area contributed by atoms with Gasteiger partial charge in [0.2, 0.25) is 11.8 Å². The molecule has 0 bridgehead atoms. The number of rotatable bonds is 3. The molecule has 1 aliphatic heterocycles. The Balaban J connectivity index is 1.86. The molecule has 5 heteroatoms. The smallest absolute Gasteiger partial charge is 0.338 e. The van der Waals surface area contributed by atoms with Gasteiger partial charge in [-0.2, -0.15) is 0 Å². The van der Waals surface area contributed by atoms with Crippen LogP contribution in [0.1, 0.15) is 22.3 Å². The highest BCUT2D eigenvalue weighted by Crippen LogP contribution is 2.47. The van der Waals surface area contributed by atoms with Crippen LogP contribution in [-0.4, -0.2) is 29.8 Å². The Labute approximate surface area is 110 Å². The van der Waals surface area contributed by atoms with Crippen LogP contribution < -0.4 is 0 Å². The van der Waals surface area contributed by atoms with Crippen LogP contribution in [0.4, 0.5) is 0 Å². The molecule has 0 spiro atoms. The van der Waals surface area contributed by atoms with E-state index >= 15 is 0 Å². The van der Waals surface area contributed by atoms with E-state index < -0.39 is 5.97 Å². The fraction of sp³-hybridized carbons (Fsp3) is 0.357. The molecule has 2 amide bonds. The summed E-state index contributed by atoms with van der Waals surface area (Å²) in [7, 11) is 1.31. The standard InChI is InChI=1S/C14H13NO4/c1-19-14(18)9-5-3-2-4-8(9)7-15-12(16)10-6-11(10)13(15)17/h2-5,10-11H,6-7H2,1H3. The Morgan fingerprint density at radius 2 is 1.89 bits per heavy atom. The van der Waals surface area contributed by atoms with Crippen molar-refractivity contribution in [3.05, 3.63) is 35.4 Å². The number of carbonyl (C=O) groups is 3. The zero-order valence-electron chi connectivity index (χ0n) is 10.5. The number of hydrogen-bond donors (Lipinski definition) is 0. The number of benzene rings is 1. The summed E-state index contributed by atoms with van der Waals surface area (Å²) in [6.45, 7) is 0.149. The zero-order valence-corrected chi connectivity index (χ0v) is 10.5. The molecule has 1 saturated carbocycles. The van der Waals surface area contributed by atoms with Crippen molar-refractivity contribution in [2.24, 2.45) is 11.8 Å². The molecule has 98 valence electrons. The Morgan fingerprint density at radius 3 is 2.53 bits per heavy atom. The van der Waals surface area contributed by atoms with Gasteiger partial charge >= 0.3 is 5.97 Å². The van der Waals surface area contributed by atoms with E-state index in [-0.39, 0.29) is 30.2 Å². The number of esters is 1. The summed E-state index contributed by atoms with van der Waals surface area (Å²) in [6, 6.07) is 6.86. The molecule has 1 aromatic carbocycles. The molecule has 3 rings (SSSR count). The predicted octanol–water partition coefficient (Wildman–Crippen LogP) is 0.978. The summed E-state index contributed by atoms with van der Waals surface area (Å²) in [5.41, 5.74) is 1.03. The van der Waals surface area contributed by atoms with E-state index in [4.69, 9.17) is 4.74 Å². The minimum Gasteiger partial charge on any atom is -0.465 e. The van der Waals surface area contributed by atoms with Gasteiger partial charge in [0.15, 0.2) is 0 Å². The molecule has 5 nitrogen and oxygen atoms in total. The number of hydrogen-bond acceptors (Lipinski definition) is 4. The van der Waals surface area contributed by atoms with Gasteiger partial charge in [-0.1, -0.05) is 18.2 Å². The number of likely N-dealkylation sites (tertiary alicyclic amines) is 1. The lowest BCUT2D eigenvalue weighted by Gasteiger charge is -2.17. The molecule has 2 aliphatic rings. The Hall–Kier alpha value is -2.17. The summed E-state index contributed by atoms with van der Waals surface area (Å²) in [5, 5.41) is 0. The molecular weight excluding hydrogens is 246 g/mol. The molecule has 1 saturated heterocycles. The number of nitrogens with zero attached hydrogens (tertiary/aromatic N) is 1. The van der Waals surface area contributed by atoms with Crippen molar-refractivity contribution in [1.29, 1.82) is 0 Å². The summed E-state index contributed by atoms with van der Waals surface area (Å²) >= 11 is 0. The van der Waals surface area contributed by atoms with Gasteiger partial charge in [0, 0.05) is 0 Å². The maximum atomic E-state index is 11.9. The molecule has 0 radical (unpaired) electrons. The molecular formula is C14H13NO4. The third-order valence-corrected chi connectivity index (χ3v) is 3.71. The maximum Gasteiger partial charge on any atom is 0.338 e. The monoisotopic (exact) mass is 259 g/mol. The predicted molar refractivity (Wildman–Crippen MR) is 64.9 cm³/mol. The van der Waals surface area contributed by atoms with Crippen LogP contribution >= 0.6 is 0 Å². The summed E-state index contributed by atoms with van der Waals surface area (Å²) in [4.78, 5) is 36.7. The third-order valence-electron chi connectivity index (χ3n) is 3.71. The van der Waals surface area contributed by atoms with Gasteiger partial charge in [0.05, 0.1) is 31.1 Å². The normalized spacial score (nSPS) is 24.4. The molecule has 2 atom stereocenters. The highest BCUT2D eigenvalue weighted by molar-refractivity contribution is 6.08. The van der Waals surface area contributed by atoms with E-state index in [1.807, 2.05) is 0 Å². The largest absolute Gasteiger partial charge is 0.465 e. The quantitative estimate of drug-likeness (QED) is 0.599. The van der Waals surface area contributed by atoms with Gasteiger partial charge in [-0.3, -0.25) is 14.5 Å². The first kappa shape index (κ1) is 11.9. The average Bonchev–Trinajstić information content (AvgIpc) is 3.19. The summed E-state index contributed by atoms with van der Waals surface area (Å²) in [5.74, 6) is -0.917. The van der Waals surface area contributed by atoms with E-state index in [2.05, 4.69) is 0 Å². The lowest BCUT2D eigenvalue weighted by molar-refractivity contribution is -0.142. The third kappa shape index (κ3) is 1.82. The van der Waals surface area contributed by atoms with Crippen molar-refractivity contribution in [2.45, 2.75) is 13.0 Å². The van der Waals surface area contributed by atoms with E-state index in [9.17, 15) is 14.4 Å². The second kappa shape index (κ2) is 4.19. The Kier molecular flexibility index (Phi) is 2.62. The SMILES string of the molecule is COC(=O)c1ccccc1CN1C(=O)C2CC2C1=O. The van der Waals surface area contributed by atoms with Crippen LogP contribution in [0.15, 0.2) is 24.3 Å². The number of imide groups is 1. The van der Waals surface area contributed by atoms with Crippen LogP contribution in [-0.2, 0) is 20.9 Å². The van der Waals surface area contributed by atoms with Gasteiger partial charge in [-0.15, -0.1) is 0 Å². The number of fused-ring (bicyclic) bond motifs is 1. The molecule has 1 heterocycles. The lowest BCUT2D eigenvalue weighted by Crippen LogP contribution is -2.32. The van der Waals surface area contributed by atoms with Gasteiger partial charge in [0.1, 0.15) is 0 Å². The van der Waals surface area contributed by atoms with Gasteiger partial charge in [-0.05, 0) is 18.1 Å². The fourth-order valence-corrected chi connectivity index (χ4v) is 2.54. The van der Waals surface area contributed by atoms with Crippen LogP contribution in [0, 0.1) is 11.8 Å². The maximum absolute atomic E-state index is 11.9. The number of methoxy groups -OCH3 is 1. The second-order valence-corrected chi connectivity index (χ2v) is 4.86. The van der Waals surface area contributed by atoms with E-state index in [0.29, 0.717) is 17.5 Å². The lowest BCUT2D eigenvalue weighted by atomic mass is 10.1. The van der Waals surface area contributed by atoms with Crippen molar-refractivity contribution >= 4 is 17.8 Å². The molecule has 1 aliphatic carbocycles. The van der Waals surface area contributed by atoms with Crippen molar-refractivity contribution in [1.82, 2.24) is 4.90 Å². The van der Waals surface area contributed by atoms with Crippen molar-refractivity contribution < 1.29 is 19.1 Å². The Bertz CT molecular complexity index is 561. The van der Waals surface area contributed by atoms with Gasteiger partial charge in [-0.25, -0.2) is 4.79 Å². The first-order valence-electron chi connectivity index (χ1n) is 6.15. The molecule has 0 N–H and O–H groups in total. The average molecular weight is 259 g/mol. The number of carbonyl (C=O) groups excluding carboxylic acids is 3. The van der Waals surface area contributed by atoms with Crippen LogP contribution in [0.5, 0.6) is 0 Å². The first-order valence-corrected chi connectivity index (χ1v) is 6.15. The number of piperidine rings is 1. The minimum absolute atomic E-state index is 0.113. The van der Waals surface area contributed by atoms with Crippen molar-refractivity contribution in [3.63, 3.8) is 0 Å². The molecule has 2 unspecified atom stereocenters. The fourth-order valence-electron chi connectivity index (χ4n) is 2.54. The highest BCUT2D eigenvalue weighted by Gasteiger charge is 2.58. The van der Waals surface area contributed by atoms with Crippen LogP contribution in [0.2, 0.25) is 0 Å². The van der Waals surface area contributed by atoms with Crippen LogP contribution in [0.3, 0.4) is 0 Å². The topological polar surface area (TPSA) is 63.7 Å².